The Kier molecular flexibility index (Phi) is 5.26. The highest BCUT2D eigenvalue weighted by molar-refractivity contribution is 5.99. The smallest absolute Gasteiger partial charge is 0.160 e. The monoisotopic (exact) mass is 340 g/mol. The van der Waals surface area contributed by atoms with Gasteiger partial charge in [0.2, 0.25) is 0 Å². The molecule has 0 spiro atoms. The predicted molar refractivity (Wildman–Crippen MR) is 101 cm³/mol. The molecule has 2 N–H and O–H groups in total. The second kappa shape index (κ2) is 7.42. The molecule has 0 atom stereocenters. The van der Waals surface area contributed by atoms with Gasteiger partial charge < -0.3 is 10.5 Å². The van der Waals surface area contributed by atoms with Gasteiger partial charge in [0.1, 0.15) is 0 Å². The van der Waals surface area contributed by atoms with Crippen molar-refractivity contribution in [1.29, 1.82) is 0 Å². The fraction of sp³-hybridized carbons (Fsp3) is 0.524. The Morgan fingerprint density at radius 3 is 2.64 bits per heavy atom. The zero-order valence-corrected chi connectivity index (χ0v) is 15.2. The van der Waals surface area contributed by atoms with Gasteiger partial charge in [0.15, 0.2) is 5.78 Å². The van der Waals surface area contributed by atoms with Crippen molar-refractivity contribution in [3.05, 3.63) is 41.0 Å². The zero-order chi connectivity index (χ0) is 17.9. The number of benzene rings is 1. The van der Waals surface area contributed by atoms with Crippen molar-refractivity contribution in [1.82, 2.24) is 5.32 Å². The van der Waals surface area contributed by atoms with Crippen molar-refractivity contribution in [2.24, 2.45) is 11.1 Å². The Balaban J connectivity index is 1.94. The molecule has 4 heteroatoms. The van der Waals surface area contributed by atoms with Crippen LogP contribution in [0.3, 0.4) is 0 Å². The van der Waals surface area contributed by atoms with Gasteiger partial charge in [0.25, 0.3) is 0 Å². The van der Waals surface area contributed by atoms with Gasteiger partial charge in [-0.2, -0.15) is 0 Å². The summed E-state index contributed by atoms with van der Waals surface area (Å²) >= 11 is 0. The molecule has 4 nitrogen and oxygen atoms in total. The highest BCUT2D eigenvalue weighted by Gasteiger charge is 2.29. The maximum Gasteiger partial charge on any atom is 0.160 e. The third-order valence-corrected chi connectivity index (χ3v) is 5.28. The molecule has 2 aliphatic rings. The molecule has 3 rings (SSSR count). The predicted octanol–water partition coefficient (Wildman–Crippen LogP) is 4.30. The van der Waals surface area contributed by atoms with Crippen molar-refractivity contribution in [2.75, 3.05) is 0 Å². The lowest BCUT2D eigenvalue weighted by Gasteiger charge is -2.36. The summed E-state index contributed by atoms with van der Waals surface area (Å²) in [5.74, 6) is 0.404. The van der Waals surface area contributed by atoms with Gasteiger partial charge in [-0.05, 0) is 50.3 Å². The summed E-state index contributed by atoms with van der Waals surface area (Å²) in [5.41, 5.74) is 3.90. The van der Waals surface area contributed by atoms with E-state index in [4.69, 9.17) is 5.21 Å². The Morgan fingerprint density at radius 2 is 1.96 bits per heavy atom. The Labute approximate surface area is 150 Å². The van der Waals surface area contributed by atoms with E-state index >= 15 is 0 Å². The van der Waals surface area contributed by atoms with E-state index in [2.05, 4.69) is 30.4 Å². The van der Waals surface area contributed by atoms with Crippen molar-refractivity contribution in [3.63, 3.8) is 0 Å². The number of ketones is 1. The summed E-state index contributed by atoms with van der Waals surface area (Å²) in [7, 11) is 0. The minimum atomic E-state index is -0.0881. The van der Waals surface area contributed by atoms with Crippen LogP contribution in [0.15, 0.2) is 29.4 Å². The first-order valence-electron chi connectivity index (χ1n) is 9.33. The molecule has 0 bridgehead atoms. The van der Waals surface area contributed by atoms with Gasteiger partial charge in [-0.1, -0.05) is 43.0 Å². The van der Waals surface area contributed by atoms with Crippen LogP contribution >= 0.6 is 0 Å². The third kappa shape index (κ3) is 4.30. The van der Waals surface area contributed by atoms with E-state index in [9.17, 15) is 4.79 Å². The molecule has 0 aromatic heterocycles. The first-order valence-corrected chi connectivity index (χ1v) is 9.33. The molecule has 1 fully saturated rings. The second-order valence-electron chi connectivity index (χ2n) is 8.00. The lowest BCUT2D eigenvalue weighted by atomic mass is 9.84. The first kappa shape index (κ1) is 17.7. The summed E-state index contributed by atoms with van der Waals surface area (Å²) in [5, 5.41) is 15.5. The largest absolute Gasteiger partial charge is 0.411 e. The highest BCUT2D eigenvalue weighted by Crippen LogP contribution is 2.31. The number of allylic oxidation sites excluding steroid dienone is 1. The number of hydrogen-bond donors (Lipinski definition) is 2. The molecule has 1 heterocycles. The summed E-state index contributed by atoms with van der Waals surface area (Å²) in [6.07, 6.45) is 11.0. The maximum atomic E-state index is 12.9. The van der Waals surface area contributed by atoms with Crippen LogP contribution < -0.4 is 5.32 Å². The van der Waals surface area contributed by atoms with Gasteiger partial charge in [-0.25, -0.2) is 0 Å². The lowest BCUT2D eigenvalue weighted by Crippen LogP contribution is -2.44. The van der Waals surface area contributed by atoms with Gasteiger partial charge in [-0.15, -0.1) is 0 Å². The molecule has 0 saturated heterocycles. The summed E-state index contributed by atoms with van der Waals surface area (Å²) in [6.45, 7) is 4.31. The Bertz CT molecular complexity index is 696. The van der Waals surface area contributed by atoms with Crippen LogP contribution in [0.1, 0.15) is 69.1 Å². The van der Waals surface area contributed by atoms with E-state index in [0.29, 0.717) is 0 Å². The van der Waals surface area contributed by atoms with Crippen LogP contribution in [-0.4, -0.2) is 22.7 Å². The summed E-state index contributed by atoms with van der Waals surface area (Å²) < 4.78 is 0. The van der Waals surface area contributed by atoms with E-state index in [1.165, 1.54) is 24.6 Å². The third-order valence-electron chi connectivity index (χ3n) is 5.28. The summed E-state index contributed by atoms with van der Waals surface area (Å²) in [6, 6.07) is 6.01. The molecule has 1 saturated carbocycles. The summed E-state index contributed by atoms with van der Waals surface area (Å²) in [4.78, 5) is 12.9. The van der Waals surface area contributed by atoms with E-state index in [1.54, 1.807) is 0 Å². The number of carbonyl (C=O) groups is 1. The zero-order valence-electron chi connectivity index (χ0n) is 15.2. The van der Waals surface area contributed by atoms with E-state index in [-0.39, 0.29) is 17.2 Å². The SMILES string of the molecule is CC1(C)Cc2ccc(/C=N/O)cc2/C(=C/C(=O)C2CCCCCC2)N1. The molecular formula is C21H28N2O2. The van der Waals surface area contributed by atoms with Gasteiger partial charge >= 0.3 is 0 Å². The molecule has 1 aromatic carbocycles. The molecule has 1 aliphatic heterocycles. The number of hydrogen-bond acceptors (Lipinski definition) is 4. The normalized spacial score (nSPS) is 22.4. The topological polar surface area (TPSA) is 61.7 Å². The van der Waals surface area contributed by atoms with E-state index in [0.717, 1.165) is 48.9 Å². The van der Waals surface area contributed by atoms with E-state index in [1.807, 2.05) is 18.2 Å². The minimum absolute atomic E-state index is 0.0881. The molecule has 0 amide bonds. The van der Waals surface area contributed by atoms with Gasteiger partial charge in [0.05, 0.1) is 6.21 Å². The van der Waals surface area contributed by atoms with Gasteiger partial charge in [-0.3, -0.25) is 4.79 Å². The number of oxime groups is 1. The fourth-order valence-electron chi connectivity index (χ4n) is 4.04. The van der Waals surface area contributed by atoms with Crippen molar-refractivity contribution < 1.29 is 10.0 Å². The quantitative estimate of drug-likeness (QED) is 0.283. The van der Waals surface area contributed by atoms with Crippen LogP contribution in [0.5, 0.6) is 0 Å². The minimum Gasteiger partial charge on any atom is -0.411 e. The highest BCUT2D eigenvalue weighted by atomic mass is 16.4. The number of rotatable bonds is 3. The number of nitrogens with zero attached hydrogens (tertiary/aromatic N) is 1. The van der Waals surface area contributed by atoms with Crippen molar-refractivity contribution >= 4 is 17.7 Å². The molecular weight excluding hydrogens is 312 g/mol. The standard InChI is InChI=1S/C21H28N2O2/c1-21(2)13-17-10-9-15(14-22-25)11-18(17)19(23-21)12-20(24)16-7-5-3-4-6-8-16/h9-12,14,16,23,25H,3-8,13H2,1-2H3/b19-12-,22-14+. The molecule has 1 aromatic rings. The van der Waals surface area contributed by atoms with Crippen molar-refractivity contribution in [2.45, 2.75) is 64.3 Å². The van der Waals surface area contributed by atoms with E-state index < -0.39 is 0 Å². The van der Waals surface area contributed by atoms with Crippen LogP contribution in [0.2, 0.25) is 0 Å². The van der Waals surface area contributed by atoms with Crippen LogP contribution in [0, 0.1) is 5.92 Å². The van der Waals surface area contributed by atoms with Crippen LogP contribution in [0.25, 0.3) is 5.70 Å². The van der Waals surface area contributed by atoms with Crippen molar-refractivity contribution in [3.8, 4) is 0 Å². The number of carbonyl (C=O) groups excluding carboxylic acids is 1. The number of nitrogens with one attached hydrogen (secondary N) is 1. The fourth-order valence-corrected chi connectivity index (χ4v) is 4.04. The van der Waals surface area contributed by atoms with Gasteiger partial charge in [0, 0.05) is 28.8 Å². The average molecular weight is 340 g/mol. The first-order chi connectivity index (χ1) is 12.0. The molecule has 0 unspecified atom stereocenters. The number of fused-ring (bicyclic) bond motifs is 1. The average Bonchev–Trinajstić information content (AvgIpc) is 2.84. The maximum absolute atomic E-state index is 12.9. The van der Waals surface area contributed by atoms with Crippen LogP contribution in [-0.2, 0) is 11.2 Å². The molecule has 0 radical (unpaired) electrons. The Morgan fingerprint density at radius 1 is 1.24 bits per heavy atom. The second-order valence-corrected chi connectivity index (χ2v) is 8.00. The molecule has 134 valence electrons. The molecule has 25 heavy (non-hydrogen) atoms. The lowest BCUT2D eigenvalue weighted by molar-refractivity contribution is -0.118. The Hall–Kier alpha value is -2.10. The molecule has 1 aliphatic carbocycles. The van der Waals surface area contributed by atoms with Crippen LogP contribution in [0.4, 0.5) is 0 Å².